The molecule has 242 valence electrons. The van der Waals surface area contributed by atoms with Gasteiger partial charge in [-0.1, -0.05) is 113 Å². The van der Waals surface area contributed by atoms with Gasteiger partial charge in [0.15, 0.2) is 11.5 Å². The van der Waals surface area contributed by atoms with Crippen molar-refractivity contribution in [2.75, 3.05) is 19.0 Å². The molecule has 6 nitrogen and oxygen atoms in total. The van der Waals surface area contributed by atoms with Crippen molar-refractivity contribution in [2.45, 2.75) is 32.7 Å². The topological polar surface area (TPSA) is 63.2 Å². The van der Waals surface area contributed by atoms with E-state index in [1.807, 2.05) is 115 Å². The maximum atomic E-state index is 13.6. The van der Waals surface area contributed by atoms with Crippen LogP contribution in [-0.4, -0.2) is 24.8 Å². The number of carbonyl (C=O) groups is 1. The van der Waals surface area contributed by atoms with Crippen molar-refractivity contribution in [3.05, 3.63) is 155 Å². The van der Waals surface area contributed by atoms with Crippen LogP contribution in [-0.2, 0) is 34.1 Å². The lowest BCUT2D eigenvalue weighted by molar-refractivity contribution is -0.117. The Morgan fingerprint density at radius 2 is 1.30 bits per heavy atom. The largest absolute Gasteiger partial charge is 0.493 e. The van der Waals surface area contributed by atoms with Crippen molar-refractivity contribution in [1.82, 2.24) is 0 Å². The number of alkyl halides is 1. The average Bonchev–Trinajstić information content (AvgIpc) is 3.12. The molecule has 0 spiro atoms. The number of ketones is 1. The van der Waals surface area contributed by atoms with Crippen LogP contribution in [0.15, 0.2) is 133 Å². The van der Waals surface area contributed by atoms with Crippen LogP contribution in [0.4, 0.5) is 0 Å². The molecular weight excluding hydrogens is 656 g/mol. The van der Waals surface area contributed by atoms with Gasteiger partial charge in [-0.2, -0.15) is 0 Å². The Morgan fingerprint density at radius 1 is 0.766 bits per heavy atom. The summed E-state index contributed by atoms with van der Waals surface area (Å²) in [6, 6.07) is 33.5. The number of carbonyl (C=O) groups excluding carboxylic acids is 1. The third-order valence-electron chi connectivity index (χ3n) is 7.51. The van der Waals surface area contributed by atoms with Crippen LogP contribution < -0.4 is 14.2 Å². The molecule has 0 heterocycles. The van der Waals surface area contributed by atoms with Gasteiger partial charge in [0.1, 0.15) is 42.8 Å². The van der Waals surface area contributed by atoms with Crippen LogP contribution in [0.3, 0.4) is 0 Å². The molecule has 0 bridgehead atoms. The van der Waals surface area contributed by atoms with Crippen molar-refractivity contribution in [2.24, 2.45) is 5.92 Å². The first kappa shape index (κ1) is 33.6. The number of allylic oxidation sites excluding steroid dienone is 4. The van der Waals surface area contributed by atoms with E-state index in [1.165, 1.54) is 0 Å². The number of hydrogen-bond donors (Lipinski definition) is 0. The van der Waals surface area contributed by atoms with E-state index in [2.05, 4.69) is 15.9 Å². The second-order valence-electron chi connectivity index (χ2n) is 10.9. The fraction of sp³-hybridized carbons (Fsp3) is 0.225. The highest BCUT2D eigenvalue weighted by molar-refractivity contribution is 9.09. The molecule has 0 saturated heterocycles. The lowest BCUT2D eigenvalue weighted by atomic mass is 9.93. The zero-order valence-corrected chi connectivity index (χ0v) is 28.1. The van der Waals surface area contributed by atoms with Crippen LogP contribution in [0.5, 0.6) is 17.2 Å². The van der Waals surface area contributed by atoms with E-state index in [0.717, 1.165) is 28.4 Å². The minimum absolute atomic E-state index is 0.0714. The van der Waals surface area contributed by atoms with Crippen LogP contribution in [0, 0.1) is 5.92 Å². The van der Waals surface area contributed by atoms with E-state index < -0.39 is 5.92 Å². The number of methoxy groups -OCH3 is 1. The predicted octanol–water partition coefficient (Wildman–Crippen LogP) is 9.24. The van der Waals surface area contributed by atoms with Gasteiger partial charge in [0.2, 0.25) is 0 Å². The van der Waals surface area contributed by atoms with Crippen molar-refractivity contribution in [3.63, 3.8) is 0 Å². The summed E-state index contributed by atoms with van der Waals surface area (Å²) in [6.45, 7) is 1.62. The molecule has 0 N–H and O–H groups in total. The molecule has 47 heavy (non-hydrogen) atoms. The first-order valence-corrected chi connectivity index (χ1v) is 16.8. The molecule has 1 unspecified atom stereocenters. The van der Waals surface area contributed by atoms with E-state index >= 15 is 0 Å². The Morgan fingerprint density at radius 3 is 1.81 bits per heavy atom. The molecule has 1 aliphatic carbocycles. The zero-order chi connectivity index (χ0) is 32.7. The summed E-state index contributed by atoms with van der Waals surface area (Å²) >= 11 is 3.47. The van der Waals surface area contributed by atoms with Crippen LogP contribution in [0.2, 0.25) is 0 Å². The lowest BCUT2D eigenvalue weighted by Crippen LogP contribution is -2.16. The maximum absolute atomic E-state index is 13.6. The monoisotopic (exact) mass is 694 g/mol. The average molecular weight is 696 g/mol. The van der Waals surface area contributed by atoms with Gasteiger partial charge in [-0.15, -0.1) is 0 Å². The molecule has 0 amide bonds. The Balaban J connectivity index is 1.40. The quantitative estimate of drug-likeness (QED) is 0.0624. The molecule has 4 aromatic rings. The van der Waals surface area contributed by atoms with E-state index in [-0.39, 0.29) is 5.78 Å². The normalized spacial score (nSPS) is 14.2. The second kappa shape index (κ2) is 17.8. The molecule has 0 radical (unpaired) electrons. The van der Waals surface area contributed by atoms with Crippen molar-refractivity contribution in [3.8, 4) is 17.2 Å². The summed E-state index contributed by atoms with van der Waals surface area (Å²) in [5, 5.41) is 0.834. The predicted molar refractivity (Wildman–Crippen MR) is 188 cm³/mol. The summed E-state index contributed by atoms with van der Waals surface area (Å²) in [6.07, 6.45) is 8.28. The number of ether oxygens (including phenoxy) is 5. The van der Waals surface area contributed by atoms with E-state index in [1.54, 1.807) is 19.3 Å². The van der Waals surface area contributed by atoms with Gasteiger partial charge in [-0.25, -0.2) is 0 Å². The molecule has 4 aromatic carbocycles. The molecule has 0 fully saturated rings. The van der Waals surface area contributed by atoms with Gasteiger partial charge in [0.05, 0.1) is 19.3 Å². The SMILES string of the molecule is COC1=C(OCc2ccccc2)CC(C(=O)C=Cc2c(OCc3ccccc3)cc(OCCCBr)cc2OCc2ccccc2)C=C1. The number of hydrogen-bond acceptors (Lipinski definition) is 6. The van der Waals surface area contributed by atoms with E-state index in [0.29, 0.717) is 67.2 Å². The summed E-state index contributed by atoms with van der Waals surface area (Å²) in [4.78, 5) is 13.6. The van der Waals surface area contributed by atoms with Gasteiger partial charge in [-0.05, 0) is 41.3 Å². The highest BCUT2D eigenvalue weighted by Crippen LogP contribution is 2.37. The number of rotatable bonds is 17. The molecule has 0 aliphatic heterocycles. The molecule has 5 rings (SSSR count). The van der Waals surface area contributed by atoms with Gasteiger partial charge in [0.25, 0.3) is 0 Å². The van der Waals surface area contributed by atoms with Gasteiger partial charge in [-0.3, -0.25) is 4.79 Å². The fourth-order valence-corrected chi connectivity index (χ4v) is 5.21. The zero-order valence-electron chi connectivity index (χ0n) is 26.5. The molecule has 1 aliphatic rings. The minimum Gasteiger partial charge on any atom is -0.493 e. The molecule has 1 atom stereocenters. The van der Waals surface area contributed by atoms with Gasteiger partial charge < -0.3 is 23.7 Å². The molecular formula is C40H39BrO6. The standard InChI is InChI=1S/C40H39BrO6/c1-43-37-21-18-33(24-40(37)47-29-32-16-9-4-10-17-32)36(42)20-19-35-38(45-27-30-12-5-2-6-13-30)25-34(44-23-11-22-41)26-39(35)46-28-31-14-7-3-8-15-31/h2-10,12-21,25-26,33H,11,22-24,27-29H2,1H3. The minimum atomic E-state index is -0.412. The van der Waals surface area contributed by atoms with Crippen LogP contribution in [0.1, 0.15) is 35.1 Å². The Labute approximate surface area is 285 Å². The van der Waals surface area contributed by atoms with Crippen LogP contribution >= 0.6 is 15.9 Å². The van der Waals surface area contributed by atoms with Crippen molar-refractivity contribution < 1.29 is 28.5 Å². The van der Waals surface area contributed by atoms with E-state index in [9.17, 15) is 4.79 Å². The van der Waals surface area contributed by atoms with Crippen LogP contribution in [0.25, 0.3) is 6.08 Å². The maximum Gasteiger partial charge on any atom is 0.163 e. The Hall–Kier alpha value is -4.75. The van der Waals surface area contributed by atoms with Crippen molar-refractivity contribution in [1.29, 1.82) is 0 Å². The highest BCUT2D eigenvalue weighted by atomic mass is 79.9. The first-order chi connectivity index (χ1) is 23.1. The fourth-order valence-electron chi connectivity index (χ4n) is 4.98. The van der Waals surface area contributed by atoms with E-state index in [4.69, 9.17) is 23.7 Å². The molecule has 0 saturated carbocycles. The summed E-state index contributed by atoms with van der Waals surface area (Å²) in [5.74, 6) is 2.54. The summed E-state index contributed by atoms with van der Waals surface area (Å²) < 4.78 is 30.5. The summed E-state index contributed by atoms with van der Waals surface area (Å²) in [7, 11) is 1.61. The summed E-state index contributed by atoms with van der Waals surface area (Å²) in [5.41, 5.74) is 3.74. The smallest absolute Gasteiger partial charge is 0.163 e. The molecule has 0 aromatic heterocycles. The second-order valence-corrected chi connectivity index (χ2v) is 11.7. The highest BCUT2D eigenvalue weighted by Gasteiger charge is 2.24. The first-order valence-electron chi connectivity index (χ1n) is 15.7. The Bertz CT molecular complexity index is 1600. The molecule has 7 heteroatoms. The Kier molecular flexibility index (Phi) is 12.7. The van der Waals surface area contributed by atoms with Gasteiger partial charge in [0, 0.05) is 29.8 Å². The van der Waals surface area contributed by atoms with Crippen molar-refractivity contribution >= 4 is 27.8 Å². The third-order valence-corrected chi connectivity index (χ3v) is 8.07. The lowest BCUT2D eigenvalue weighted by Gasteiger charge is -2.21. The number of halogens is 1. The number of benzene rings is 4. The van der Waals surface area contributed by atoms with Gasteiger partial charge >= 0.3 is 0 Å². The third kappa shape index (κ3) is 10.1.